The van der Waals surface area contributed by atoms with E-state index in [4.69, 9.17) is 18.9 Å². The largest absolute Gasteiger partial charge is 0.466 e. The molecule has 0 N–H and O–H groups in total. The van der Waals surface area contributed by atoms with E-state index in [0.29, 0.717) is 18.4 Å². The van der Waals surface area contributed by atoms with E-state index in [-0.39, 0.29) is 31.2 Å². The molecule has 8 nitrogen and oxygen atoms in total. The molecule has 0 aromatic heterocycles. The molecule has 0 saturated heterocycles. The minimum Gasteiger partial charge on any atom is -0.466 e. The molecule has 0 spiro atoms. The maximum absolute atomic E-state index is 12.4. The first-order valence-electron chi connectivity index (χ1n) is 7.76. The van der Waals surface area contributed by atoms with Gasteiger partial charge in [-0.1, -0.05) is 0 Å². The van der Waals surface area contributed by atoms with Gasteiger partial charge in [-0.25, -0.2) is 14.4 Å². The second-order valence-electron chi connectivity index (χ2n) is 5.22. The number of ether oxygens (including phenoxy) is 4. The lowest BCUT2D eigenvalue weighted by atomic mass is 10.1. The number of esters is 3. The highest BCUT2D eigenvalue weighted by Gasteiger charge is 2.34. The van der Waals surface area contributed by atoms with Gasteiger partial charge < -0.3 is 23.8 Å². The van der Waals surface area contributed by atoms with Crippen LogP contribution in [0.1, 0.15) is 17.3 Å². The van der Waals surface area contributed by atoms with Crippen LogP contribution in [0.4, 0.5) is 5.69 Å². The van der Waals surface area contributed by atoms with Crippen molar-refractivity contribution in [2.75, 3.05) is 39.1 Å². The number of nitrogens with zero attached hydrogens (tertiary/aromatic N) is 1. The predicted octanol–water partition coefficient (Wildman–Crippen LogP) is 2.47. The molecule has 0 unspecified atom stereocenters. The Balaban J connectivity index is 2.59. The van der Waals surface area contributed by atoms with Crippen LogP contribution in [-0.4, -0.2) is 52.1 Å². The van der Waals surface area contributed by atoms with Crippen LogP contribution in [0.25, 0.3) is 0 Å². The maximum Gasteiger partial charge on any atom is 0.355 e. The molecule has 0 bridgehead atoms. The van der Waals surface area contributed by atoms with E-state index in [0.717, 1.165) is 0 Å². The molecule has 0 aliphatic carbocycles. The van der Waals surface area contributed by atoms with E-state index in [9.17, 15) is 14.4 Å². The molecular weight excluding hydrogens is 584 g/mol. The van der Waals surface area contributed by atoms with Crippen LogP contribution in [0.5, 0.6) is 0 Å². The molecule has 146 valence electrons. The third-order valence-corrected chi connectivity index (χ3v) is 5.28. The van der Waals surface area contributed by atoms with Gasteiger partial charge >= 0.3 is 17.9 Å². The first-order valence-corrected chi connectivity index (χ1v) is 9.92. The second kappa shape index (κ2) is 9.68. The fourth-order valence-corrected chi connectivity index (χ4v) is 4.83. The summed E-state index contributed by atoms with van der Waals surface area (Å²) in [6.07, 6.45) is 0. The Morgan fingerprint density at radius 1 is 1.07 bits per heavy atom. The lowest BCUT2D eigenvalue weighted by Gasteiger charge is -2.32. The van der Waals surface area contributed by atoms with Gasteiger partial charge in [0.25, 0.3) is 0 Å². The summed E-state index contributed by atoms with van der Waals surface area (Å²) in [7, 11) is 2.46. The van der Waals surface area contributed by atoms with E-state index < -0.39 is 17.9 Å². The van der Waals surface area contributed by atoms with Gasteiger partial charge in [-0.3, -0.25) is 0 Å². The maximum atomic E-state index is 12.4. The Kier molecular flexibility index (Phi) is 7.85. The molecule has 0 amide bonds. The lowest BCUT2D eigenvalue weighted by molar-refractivity contribution is -0.140. The van der Waals surface area contributed by atoms with E-state index >= 15 is 0 Å². The van der Waals surface area contributed by atoms with Crippen molar-refractivity contribution in [1.82, 2.24) is 0 Å². The summed E-state index contributed by atoms with van der Waals surface area (Å²) in [4.78, 5) is 38.1. The fraction of sp³-hybridized carbons (Fsp3) is 0.353. The Labute approximate surface area is 183 Å². The van der Waals surface area contributed by atoms with Gasteiger partial charge in [0.1, 0.15) is 12.4 Å². The second-order valence-corrected chi connectivity index (χ2v) is 7.55. The number of hydrogen-bond donors (Lipinski definition) is 0. The Hall–Kier alpha value is -1.41. The molecule has 1 aromatic rings. The quantitative estimate of drug-likeness (QED) is 0.289. The van der Waals surface area contributed by atoms with Gasteiger partial charge in [0, 0.05) is 7.14 Å². The highest BCUT2D eigenvalue weighted by atomic mass is 127. The van der Waals surface area contributed by atoms with Crippen LogP contribution >= 0.6 is 45.2 Å². The number of carbonyl (C=O) groups is 3. The molecule has 1 aliphatic heterocycles. The first kappa shape index (κ1) is 21.9. The van der Waals surface area contributed by atoms with Crippen LogP contribution in [-0.2, 0) is 28.5 Å². The molecule has 1 aromatic carbocycles. The number of benzene rings is 1. The third kappa shape index (κ3) is 4.71. The summed E-state index contributed by atoms with van der Waals surface area (Å²) in [6.45, 7) is 1.97. The first-order chi connectivity index (χ1) is 12.8. The average molecular weight is 601 g/mol. The van der Waals surface area contributed by atoms with E-state index in [1.165, 1.54) is 14.2 Å². The van der Waals surface area contributed by atoms with Gasteiger partial charge in [-0.05, 0) is 64.2 Å². The number of hydrogen-bond acceptors (Lipinski definition) is 8. The Bertz CT molecular complexity index is 783. The number of methoxy groups -OCH3 is 2. The molecule has 1 heterocycles. The molecular formula is C17H17I2NO7. The van der Waals surface area contributed by atoms with Crippen molar-refractivity contribution < 1.29 is 33.3 Å². The van der Waals surface area contributed by atoms with Gasteiger partial charge in [0.05, 0.1) is 44.3 Å². The van der Waals surface area contributed by atoms with Crippen molar-refractivity contribution >= 4 is 68.8 Å². The van der Waals surface area contributed by atoms with Gasteiger partial charge in [0.2, 0.25) is 0 Å². The zero-order chi connectivity index (χ0) is 20.1. The molecule has 0 radical (unpaired) electrons. The number of carbonyl (C=O) groups excluding carboxylic acids is 3. The fourth-order valence-electron chi connectivity index (χ4n) is 2.48. The number of halogens is 2. The van der Waals surface area contributed by atoms with E-state index in [2.05, 4.69) is 45.2 Å². The van der Waals surface area contributed by atoms with Crippen molar-refractivity contribution in [3.8, 4) is 0 Å². The van der Waals surface area contributed by atoms with Crippen molar-refractivity contribution in [3.05, 3.63) is 36.1 Å². The highest BCUT2D eigenvalue weighted by Crippen LogP contribution is 2.35. The monoisotopic (exact) mass is 601 g/mol. The van der Waals surface area contributed by atoms with Crippen molar-refractivity contribution in [3.63, 3.8) is 0 Å². The lowest BCUT2D eigenvalue weighted by Crippen LogP contribution is -2.39. The van der Waals surface area contributed by atoms with E-state index in [1.807, 2.05) is 0 Å². The normalized spacial score (nSPS) is 14.0. The van der Waals surface area contributed by atoms with Crippen LogP contribution in [0.3, 0.4) is 0 Å². The van der Waals surface area contributed by atoms with E-state index in [1.54, 1.807) is 24.0 Å². The Morgan fingerprint density at radius 2 is 1.67 bits per heavy atom. The van der Waals surface area contributed by atoms with Crippen molar-refractivity contribution in [2.24, 2.45) is 0 Å². The zero-order valence-corrected chi connectivity index (χ0v) is 19.2. The summed E-state index contributed by atoms with van der Waals surface area (Å²) in [5, 5.41) is 0. The predicted molar refractivity (Wildman–Crippen MR) is 112 cm³/mol. The summed E-state index contributed by atoms with van der Waals surface area (Å²) in [5.74, 6) is -1.79. The molecule has 0 fully saturated rings. The molecule has 27 heavy (non-hydrogen) atoms. The van der Waals surface area contributed by atoms with Gasteiger partial charge in [0.15, 0.2) is 0 Å². The number of anilines is 1. The summed E-state index contributed by atoms with van der Waals surface area (Å²) in [6, 6.07) is 3.30. The minimum atomic E-state index is -0.681. The topological polar surface area (TPSA) is 91.4 Å². The Morgan fingerprint density at radius 3 is 2.19 bits per heavy atom. The summed E-state index contributed by atoms with van der Waals surface area (Å²) < 4.78 is 21.5. The summed E-state index contributed by atoms with van der Waals surface area (Å²) >= 11 is 4.11. The molecule has 1 aliphatic rings. The van der Waals surface area contributed by atoms with Crippen LogP contribution < -0.4 is 4.90 Å². The smallest absolute Gasteiger partial charge is 0.355 e. The molecule has 2 rings (SSSR count). The molecule has 0 saturated carbocycles. The van der Waals surface area contributed by atoms with Crippen LogP contribution in [0, 0.1) is 7.14 Å². The SMILES string of the molecule is CCOC(=O)c1cc(I)c(N2COCC(C(=O)OC)=C2C(=O)OC)c(I)c1. The number of rotatable bonds is 5. The van der Waals surface area contributed by atoms with Crippen LogP contribution in [0.2, 0.25) is 0 Å². The average Bonchev–Trinajstić information content (AvgIpc) is 2.66. The summed E-state index contributed by atoms with van der Waals surface area (Å²) in [5.41, 5.74) is 1.13. The standard InChI is InChI=1S/C17H17I2NO7/c1-4-27-15(21)9-5-11(18)14(12(19)6-9)20-8-26-7-10(16(22)24-2)13(20)17(23)25-3/h5-6H,4,7-8H2,1-3H3. The highest BCUT2D eigenvalue weighted by molar-refractivity contribution is 14.1. The van der Waals surface area contributed by atoms with Crippen molar-refractivity contribution in [1.29, 1.82) is 0 Å². The molecule has 10 heteroatoms. The van der Waals surface area contributed by atoms with Crippen molar-refractivity contribution in [2.45, 2.75) is 6.92 Å². The molecule has 0 atom stereocenters. The zero-order valence-electron chi connectivity index (χ0n) is 14.8. The van der Waals surface area contributed by atoms with Gasteiger partial charge in [-0.15, -0.1) is 0 Å². The third-order valence-electron chi connectivity index (χ3n) is 3.63. The van der Waals surface area contributed by atoms with Crippen LogP contribution in [0.15, 0.2) is 23.4 Å². The van der Waals surface area contributed by atoms with Gasteiger partial charge in [-0.2, -0.15) is 0 Å². The minimum absolute atomic E-state index is 0.0374.